The lowest BCUT2D eigenvalue weighted by Gasteiger charge is -2.36. The first-order valence-corrected chi connectivity index (χ1v) is 6.32. The fourth-order valence-electron chi connectivity index (χ4n) is 2.50. The Morgan fingerprint density at radius 1 is 1.53 bits per heavy atom. The highest BCUT2D eigenvalue weighted by Gasteiger charge is 2.25. The fraction of sp³-hybridized carbons (Fsp3) is 0.571. The van der Waals surface area contributed by atoms with Crippen LogP contribution in [-0.2, 0) is 6.42 Å². The van der Waals surface area contributed by atoms with Crippen molar-refractivity contribution >= 4 is 0 Å². The van der Waals surface area contributed by atoms with E-state index in [1.54, 1.807) is 6.07 Å². The number of hydrogen-bond donors (Lipinski definition) is 1. The van der Waals surface area contributed by atoms with E-state index >= 15 is 0 Å². The van der Waals surface area contributed by atoms with Gasteiger partial charge in [-0.25, -0.2) is 4.39 Å². The molecule has 0 spiro atoms. The number of aliphatic hydroxyl groups is 1. The van der Waals surface area contributed by atoms with Gasteiger partial charge >= 0.3 is 0 Å². The molecule has 0 fully saturated rings. The summed E-state index contributed by atoms with van der Waals surface area (Å²) in [4.78, 5) is 2.27. The second-order valence-corrected chi connectivity index (χ2v) is 4.83. The molecule has 0 radical (unpaired) electrons. The molecule has 1 aromatic rings. The molecule has 1 aliphatic rings. The van der Waals surface area contributed by atoms with Crippen LogP contribution in [0.2, 0.25) is 0 Å². The molecule has 0 aromatic heterocycles. The summed E-state index contributed by atoms with van der Waals surface area (Å²) in [5.74, 6) is -0.155. The largest absolute Gasteiger partial charge is 0.392 e. The molecule has 1 heterocycles. The van der Waals surface area contributed by atoms with Crippen LogP contribution in [0.15, 0.2) is 18.2 Å². The second kappa shape index (κ2) is 5.15. The maximum atomic E-state index is 13.1. The van der Waals surface area contributed by atoms with E-state index in [1.165, 1.54) is 11.6 Å². The number of nitrogens with zero attached hydrogens (tertiary/aromatic N) is 1. The van der Waals surface area contributed by atoms with Crippen LogP contribution in [0.25, 0.3) is 0 Å². The summed E-state index contributed by atoms with van der Waals surface area (Å²) >= 11 is 0. The van der Waals surface area contributed by atoms with E-state index in [0.717, 1.165) is 24.9 Å². The molecule has 3 heteroatoms. The summed E-state index contributed by atoms with van der Waals surface area (Å²) < 4.78 is 13.1. The molecule has 1 aliphatic heterocycles. The lowest BCUT2D eigenvalue weighted by Crippen LogP contribution is -2.39. The van der Waals surface area contributed by atoms with Gasteiger partial charge in [-0.05, 0) is 43.0 Å². The molecule has 17 heavy (non-hydrogen) atoms. The van der Waals surface area contributed by atoms with E-state index in [0.29, 0.717) is 6.54 Å². The maximum Gasteiger partial charge on any atom is 0.123 e. The van der Waals surface area contributed by atoms with Gasteiger partial charge in [-0.1, -0.05) is 13.0 Å². The van der Waals surface area contributed by atoms with Crippen LogP contribution in [0.5, 0.6) is 0 Å². The first-order valence-electron chi connectivity index (χ1n) is 6.32. The van der Waals surface area contributed by atoms with Gasteiger partial charge in [0, 0.05) is 19.1 Å². The average Bonchev–Trinajstić information content (AvgIpc) is 2.32. The Bertz CT molecular complexity index is 394. The molecule has 1 aromatic carbocycles. The molecule has 94 valence electrons. The van der Waals surface area contributed by atoms with Crippen LogP contribution in [0, 0.1) is 5.82 Å². The normalized spacial score (nSPS) is 22.2. The van der Waals surface area contributed by atoms with Crippen molar-refractivity contribution in [2.45, 2.75) is 38.8 Å². The van der Waals surface area contributed by atoms with Crippen LogP contribution in [0.3, 0.4) is 0 Å². The van der Waals surface area contributed by atoms with Crippen LogP contribution < -0.4 is 0 Å². The predicted molar refractivity (Wildman–Crippen MR) is 66.4 cm³/mol. The van der Waals surface area contributed by atoms with Crippen molar-refractivity contribution in [2.75, 3.05) is 13.1 Å². The molecule has 0 aliphatic carbocycles. The van der Waals surface area contributed by atoms with E-state index in [4.69, 9.17) is 0 Å². The summed E-state index contributed by atoms with van der Waals surface area (Å²) in [6.07, 6.45) is 1.38. The topological polar surface area (TPSA) is 23.5 Å². The maximum absolute atomic E-state index is 13.1. The molecule has 2 atom stereocenters. The van der Waals surface area contributed by atoms with Crippen molar-refractivity contribution < 1.29 is 9.50 Å². The van der Waals surface area contributed by atoms with Crippen LogP contribution in [-0.4, -0.2) is 29.2 Å². The zero-order valence-electron chi connectivity index (χ0n) is 10.5. The monoisotopic (exact) mass is 237 g/mol. The minimum absolute atomic E-state index is 0.155. The number of halogens is 1. The number of hydrogen-bond acceptors (Lipinski definition) is 2. The summed E-state index contributed by atoms with van der Waals surface area (Å²) in [5.41, 5.74) is 2.31. The molecule has 0 unspecified atom stereocenters. The molecule has 0 saturated carbocycles. The van der Waals surface area contributed by atoms with Gasteiger partial charge in [-0.15, -0.1) is 0 Å². The van der Waals surface area contributed by atoms with Gasteiger partial charge in [0.05, 0.1) is 6.10 Å². The van der Waals surface area contributed by atoms with Gasteiger partial charge in [0.1, 0.15) is 5.82 Å². The third-order valence-corrected chi connectivity index (χ3v) is 3.69. The standard InChI is InChI=1S/C14H20FNO/c1-3-13(17)9-16-7-6-11-8-12(15)4-5-14(11)10(16)2/h4-5,8,10,13,17H,3,6-7,9H2,1-2H3/t10-,13-/m0/s1. The summed E-state index contributed by atoms with van der Waals surface area (Å²) in [7, 11) is 0. The second-order valence-electron chi connectivity index (χ2n) is 4.83. The molecule has 0 bridgehead atoms. The Morgan fingerprint density at radius 3 is 3.00 bits per heavy atom. The Morgan fingerprint density at radius 2 is 2.29 bits per heavy atom. The fourth-order valence-corrected chi connectivity index (χ4v) is 2.50. The van der Waals surface area contributed by atoms with Crippen molar-refractivity contribution in [1.82, 2.24) is 4.90 Å². The molecule has 0 amide bonds. The quantitative estimate of drug-likeness (QED) is 0.873. The Kier molecular flexibility index (Phi) is 3.79. The minimum Gasteiger partial charge on any atom is -0.392 e. The number of rotatable bonds is 3. The van der Waals surface area contributed by atoms with Crippen LogP contribution >= 0.6 is 0 Å². The van der Waals surface area contributed by atoms with Crippen molar-refractivity contribution in [3.8, 4) is 0 Å². The molecule has 0 saturated heterocycles. The van der Waals surface area contributed by atoms with E-state index in [9.17, 15) is 9.50 Å². The Labute approximate surface area is 102 Å². The molecule has 2 nitrogen and oxygen atoms in total. The van der Waals surface area contributed by atoms with Crippen molar-refractivity contribution in [3.63, 3.8) is 0 Å². The van der Waals surface area contributed by atoms with Gasteiger partial charge in [0.15, 0.2) is 0 Å². The van der Waals surface area contributed by atoms with Gasteiger partial charge in [-0.3, -0.25) is 4.90 Å². The van der Waals surface area contributed by atoms with Gasteiger partial charge in [0.2, 0.25) is 0 Å². The molecule has 2 rings (SSSR count). The number of benzene rings is 1. The summed E-state index contributed by atoms with van der Waals surface area (Å²) in [6, 6.07) is 5.30. The average molecular weight is 237 g/mol. The Hall–Kier alpha value is -0.930. The first kappa shape index (κ1) is 12.5. The van der Waals surface area contributed by atoms with E-state index < -0.39 is 0 Å². The predicted octanol–water partition coefficient (Wildman–Crippen LogP) is 2.52. The lowest BCUT2D eigenvalue weighted by molar-refractivity contribution is 0.0840. The smallest absolute Gasteiger partial charge is 0.123 e. The Balaban J connectivity index is 2.15. The van der Waals surface area contributed by atoms with Crippen molar-refractivity contribution in [1.29, 1.82) is 0 Å². The zero-order valence-corrected chi connectivity index (χ0v) is 10.5. The number of aliphatic hydroxyl groups excluding tert-OH is 1. The molecule has 1 N–H and O–H groups in total. The third kappa shape index (κ3) is 2.67. The highest BCUT2D eigenvalue weighted by atomic mass is 19.1. The minimum atomic E-state index is -0.264. The van der Waals surface area contributed by atoms with Crippen molar-refractivity contribution in [3.05, 3.63) is 35.1 Å². The van der Waals surface area contributed by atoms with Gasteiger partial charge in [-0.2, -0.15) is 0 Å². The SMILES string of the molecule is CC[C@H](O)CN1CCc2cc(F)ccc2[C@@H]1C. The highest BCUT2D eigenvalue weighted by Crippen LogP contribution is 2.29. The number of fused-ring (bicyclic) bond motifs is 1. The van der Waals surface area contributed by atoms with E-state index in [1.807, 2.05) is 13.0 Å². The molecular formula is C14H20FNO. The molecular weight excluding hydrogens is 217 g/mol. The third-order valence-electron chi connectivity index (χ3n) is 3.69. The summed E-state index contributed by atoms with van der Waals surface area (Å²) in [5, 5.41) is 9.72. The highest BCUT2D eigenvalue weighted by molar-refractivity contribution is 5.32. The van der Waals surface area contributed by atoms with E-state index in [-0.39, 0.29) is 18.0 Å². The number of β-amino-alcohol motifs (C(OH)–C–C–N with tert-alkyl or cyclic N) is 1. The van der Waals surface area contributed by atoms with Crippen LogP contribution in [0.1, 0.15) is 37.4 Å². The van der Waals surface area contributed by atoms with Gasteiger partial charge in [0.25, 0.3) is 0 Å². The first-order chi connectivity index (χ1) is 8.11. The zero-order chi connectivity index (χ0) is 12.4. The van der Waals surface area contributed by atoms with Gasteiger partial charge < -0.3 is 5.11 Å². The lowest BCUT2D eigenvalue weighted by atomic mass is 9.93. The van der Waals surface area contributed by atoms with Crippen molar-refractivity contribution in [2.24, 2.45) is 0 Å². The van der Waals surface area contributed by atoms with E-state index in [2.05, 4.69) is 11.8 Å². The van der Waals surface area contributed by atoms with Crippen LogP contribution in [0.4, 0.5) is 4.39 Å². The summed E-state index contributed by atoms with van der Waals surface area (Å²) in [6.45, 7) is 5.71.